The van der Waals surface area contributed by atoms with Gasteiger partial charge < -0.3 is 19.7 Å². The van der Waals surface area contributed by atoms with Crippen LogP contribution in [0.3, 0.4) is 0 Å². The predicted octanol–water partition coefficient (Wildman–Crippen LogP) is 5.83. The third-order valence-corrected chi connectivity index (χ3v) is 5.75. The largest absolute Gasteiger partial charge is 0.493 e. The minimum atomic E-state index is 0.192. The molecule has 0 amide bonds. The fraction of sp³-hybridized carbons (Fsp3) is 0.407. The van der Waals surface area contributed by atoms with Gasteiger partial charge in [0.15, 0.2) is 11.5 Å². The van der Waals surface area contributed by atoms with Crippen LogP contribution in [0, 0.1) is 0 Å². The summed E-state index contributed by atoms with van der Waals surface area (Å²) < 4.78 is 11.6. The number of methoxy groups -OCH3 is 1. The van der Waals surface area contributed by atoms with Gasteiger partial charge in [0.1, 0.15) is 12.4 Å². The summed E-state index contributed by atoms with van der Waals surface area (Å²) in [5, 5.41) is 3.56. The van der Waals surface area contributed by atoms with Crippen LogP contribution in [-0.4, -0.2) is 48.2 Å². The number of nitrogens with one attached hydrogen (secondary N) is 1. The number of anilines is 1. The van der Waals surface area contributed by atoms with Crippen molar-refractivity contribution in [2.24, 2.45) is 0 Å². The second-order valence-electron chi connectivity index (χ2n) is 7.93. The van der Waals surface area contributed by atoms with Crippen LogP contribution in [0.5, 0.6) is 11.5 Å². The van der Waals surface area contributed by atoms with Crippen LogP contribution < -0.4 is 14.8 Å². The molecular weight excluding hydrogens is 412 g/mol. The van der Waals surface area contributed by atoms with Gasteiger partial charge in [0.25, 0.3) is 0 Å². The fourth-order valence-electron chi connectivity index (χ4n) is 3.82. The van der Waals surface area contributed by atoms with Crippen molar-refractivity contribution in [2.45, 2.75) is 39.7 Å². The summed E-state index contributed by atoms with van der Waals surface area (Å²) in [7, 11) is 1.66. The zero-order valence-electron chi connectivity index (χ0n) is 20.3. The highest BCUT2D eigenvalue weighted by atomic mass is 16.5. The minimum Gasteiger partial charge on any atom is -0.493 e. The van der Waals surface area contributed by atoms with Crippen molar-refractivity contribution in [3.63, 3.8) is 0 Å². The molecule has 2 aromatic carbocycles. The monoisotopic (exact) mass is 448 g/mol. The lowest BCUT2D eigenvalue weighted by atomic mass is 10.0. The Morgan fingerprint density at radius 2 is 1.76 bits per heavy atom. The molecule has 1 unspecified atom stereocenters. The molecule has 0 aliphatic carbocycles. The van der Waals surface area contributed by atoms with Crippen LogP contribution in [0.25, 0.3) is 11.3 Å². The van der Waals surface area contributed by atoms with Gasteiger partial charge in [-0.2, -0.15) is 0 Å². The van der Waals surface area contributed by atoms with E-state index in [0.717, 1.165) is 55.3 Å². The molecule has 3 aromatic rings. The van der Waals surface area contributed by atoms with Crippen molar-refractivity contribution in [3.05, 3.63) is 66.5 Å². The van der Waals surface area contributed by atoms with Gasteiger partial charge in [0, 0.05) is 12.1 Å². The van der Waals surface area contributed by atoms with Gasteiger partial charge in [-0.1, -0.05) is 57.5 Å². The van der Waals surface area contributed by atoms with Gasteiger partial charge in [-0.3, -0.25) is 4.98 Å². The Morgan fingerprint density at radius 3 is 2.45 bits per heavy atom. The number of likely N-dealkylation sites (N-methyl/N-ethyl adjacent to an activating group) is 1. The second-order valence-corrected chi connectivity index (χ2v) is 7.93. The van der Waals surface area contributed by atoms with Crippen molar-refractivity contribution >= 4 is 5.82 Å². The quantitative estimate of drug-likeness (QED) is 0.355. The van der Waals surface area contributed by atoms with Crippen LogP contribution in [-0.2, 0) is 0 Å². The van der Waals surface area contributed by atoms with Crippen molar-refractivity contribution in [2.75, 3.05) is 38.7 Å². The van der Waals surface area contributed by atoms with E-state index in [4.69, 9.17) is 14.5 Å². The van der Waals surface area contributed by atoms with E-state index >= 15 is 0 Å². The molecule has 1 N–H and O–H groups in total. The maximum Gasteiger partial charge on any atom is 0.161 e. The van der Waals surface area contributed by atoms with E-state index in [2.05, 4.69) is 60.2 Å². The lowest BCUT2D eigenvalue weighted by molar-refractivity contribution is 0.217. The van der Waals surface area contributed by atoms with Gasteiger partial charge in [0.2, 0.25) is 0 Å². The van der Waals surface area contributed by atoms with E-state index in [1.807, 2.05) is 24.3 Å². The molecule has 0 fully saturated rings. The maximum atomic E-state index is 5.99. The molecule has 0 aliphatic rings. The molecular formula is C27H36N4O2. The third kappa shape index (κ3) is 6.93. The summed E-state index contributed by atoms with van der Waals surface area (Å²) in [6.45, 7) is 10.1. The molecule has 1 aromatic heterocycles. The first kappa shape index (κ1) is 24.5. The summed E-state index contributed by atoms with van der Waals surface area (Å²) >= 11 is 0. The SMILES string of the molecule is CCCC(Nc1cncc(-c2ccc(OCCN(CC)CC)c(OC)c2)n1)c1ccccc1. The zero-order chi connectivity index (χ0) is 23.5. The van der Waals surface area contributed by atoms with Gasteiger partial charge in [-0.15, -0.1) is 0 Å². The highest BCUT2D eigenvalue weighted by Crippen LogP contribution is 2.32. The van der Waals surface area contributed by atoms with Gasteiger partial charge in [-0.05, 0) is 43.3 Å². The number of ether oxygens (including phenoxy) is 2. The highest BCUT2D eigenvalue weighted by molar-refractivity contribution is 5.64. The Morgan fingerprint density at radius 1 is 0.970 bits per heavy atom. The Hall–Kier alpha value is -3.12. The molecule has 1 atom stereocenters. The number of hydrogen-bond acceptors (Lipinski definition) is 6. The van der Waals surface area contributed by atoms with Gasteiger partial charge >= 0.3 is 0 Å². The Bertz CT molecular complexity index is 977. The van der Waals surface area contributed by atoms with Crippen LogP contribution in [0.1, 0.15) is 45.2 Å². The van der Waals surface area contributed by atoms with Crippen LogP contribution in [0.4, 0.5) is 5.82 Å². The Labute approximate surface area is 198 Å². The van der Waals surface area contributed by atoms with Crippen molar-refractivity contribution in [3.8, 4) is 22.8 Å². The van der Waals surface area contributed by atoms with Gasteiger partial charge in [0.05, 0.1) is 31.2 Å². The molecule has 0 saturated heterocycles. The molecule has 33 heavy (non-hydrogen) atoms. The summed E-state index contributed by atoms with van der Waals surface area (Å²) in [5.74, 6) is 2.19. The Balaban J connectivity index is 1.74. The average molecular weight is 449 g/mol. The number of aromatic nitrogens is 2. The normalized spacial score (nSPS) is 11.9. The van der Waals surface area contributed by atoms with Crippen molar-refractivity contribution in [1.29, 1.82) is 0 Å². The van der Waals surface area contributed by atoms with Gasteiger partial charge in [-0.25, -0.2) is 4.98 Å². The van der Waals surface area contributed by atoms with Crippen molar-refractivity contribution in [1.82, 2.24) is 14.9 Å². The third-order valence-electron chi connectivity index (χ3n) is 5.75. The second kappa shape index (κ2) is 12.8. The molecule has 1 heterocycles. The van der Waals surface area contributed by atoms with E-state index in [1.165, 1.54) is 5.56 Å². The average Bonchev–Trinajstić information content (AvgIpc) is 2.87. The Kier molecular flexibility index (Phi) is 9.51. The summed E-state index contributed by atoms with van der Waals surface area (Å²) in [4.78, 5) is 11.6. The van der Waals surface area contributed by atoms with Crippen molar-refractivity contribution < 1.29 is 9.47 Å². The molecule has 176 valence electrons. The number of hydrogen-bond donors (Lipinski definition) is 1. The topological polar surface area (TPSA) is 59.5 Å². The molecule has 0 bridgehead atoms. The molecule has 0 aliphatic heterocycles. The first-order valence-corrected chi connectivity index (χ1v) is 11.9. The first-order chi connectivity index (χ1) is 16.2. The van der Waals surface area contributed by atoms with E-state index in [9.17, 15) is 0 Å². The molecule has 3 rings (SSSR count). The zero-order valence-corrected chi connectivity index (χ0v) is 20.3. The minimum absolute atomic E-state index is 0.192. The maximum absolute atomic E-state index is 5.99. The highest BCUT2D eigenvalue weighted by Gasteiger charge is 2.13. The molecule has 6 nitrogen and oxygen atoms in total. The summed E-state index contributed by atoms with van der Waals surface area (Å²) in [5.41, 5.74) is 2.97. The lowest BCUT2D eigenvalue weighted by Gasteiger charge is -2.20. The van der Waals surface area contributed by atoms with Crippen LogP contribution in [0.2, 0.25) is 0 Å². The van der Waals surface area contributed by atoms with E-state index in [-0.39, 0.29) is 6.04 Å². The number of nitrogens with zero attached hydrogens (tertiary/aromatic N) is 3. The predicted molar refractivity (Wildman–Crippen MR) is 135 cm³/mol. The summed E-state index contributed by atoms with van der Waals surface area (Å²) in [6, 6.07) is 16.6. The van der Waals surface area contributed by atoms with E-state index < -0.39 is 0 Å². The molecule has 0 spiro atoms. The van der Waals surface area contributed by atoms with E-state index in [0.29, 0.717) is 12.4 Å². The molecule has 0 saturated carbocycles. The molecule has 6 heteroatoms. The fourth-order valence-corrected chi connectivity index (χ4v) is 3.82. The molecule has 0 radical (unpaired) electrons. The summed E-state index contributed by atoms with van der Waals surface area (Å²) in [6.07, 6.45) is 5.64. The first-order valence-electron chi connectivity index (χ1n) is 11.9. The van der Waals surface area contributed by atoms with E-state index in [1.54, 1.807) is 19.5 Å². The smallest absolute Gasteiger partial charge is 0.161 e. The number of benzene rings is 2. The lowest BCUT2D eigenvalue weighted by Crippen LogP contribution is -2.27. The standard InChI is InChI=1S/C27H36N4O2/c1-5-11-23(21-12-9-8-10-13-21)29-27-20-28-19-24(30-27)22-14-15-25(26(18-22)32-4)33-17-16-31(6-2)7-3/h8-10,12-15,18-20,23H,5-7,11,16-17H2,1-4H3,(H,29,30). The number of rotatable bonds is 13. The van der Waals surface area contributed by atoms with Crippen LogP contribution >= 0.6 is 0 Å². The van der Waals surface area contributed by atoms with Crippen LogP contribution in [0.15, 0.2) is 60.9 Å².